The lowest BCUT2D eigenvalue weighted by molar-refractivity contribution is -0.117. The summed E-state index contributed by atoms with van der Waals surface area (Å²) in [6, 6.07) is 3.31. The van der Waals surface area contributed by atoms with Crippen LogP contribution < -0.4 is 5.32 Å². The molecule has 1 amide bonds. The number of anilines is 1. The molecule has 1 aliphatic carbocycles. The average molecular weight is 286 g/mol. The van der Waals surface area contributed by atoms with E-state index in [0.717, 1.165) is 12.8 Å². The number of halogens is 1. The van der Waals surface area contributed by atoms with Gasteiger partial charge in [0.05, 0.1) is 5.00 Å². The molecule has 0 aromatic carbocycles. The lowest BCUT2D eigenvalue weighted by Gasteiger charge is -2.01. The van der Waals surface area contributed by atoms with Gasteiger partial charge in [0, 0.05) is 11.0 Å². The zero-order chi connectivity index (χ0) is 13.1. The predicted octanol–water partition coefficient (Wildman–Crippen LogP) is 3.01. The summed E-state index contributed by atoms with van der Waals surface area (Å²) in [5.41, 5.74) is 0. The molecule has 0 radical (unpaired) electrons. The van der Waals surface area contributed by atoms with Gasteiger partial charge in [-0.3, -0.25) is 4.79 Å². The van der Waals surface area contributed by atoms with Crippen LogP contribution in [0, 0.1) is 5.92 Å². The van der Waals surface area contributed by atoms with Gasteiger partial charge >= 0.3 is 5.97 Å². The molecule has 1 aromatic rings. The Morgan fingerprint density at radius 2 is 2.22 bits per heavy atom. The number of hydrogen-bond acceptors (Lipinski definition) is 4. The number of thiophene rings is 1. The van der Waals surface area contributed by atoms with Crippen LogP contribution in [0.2, 0.25) is 0 Å². The number of carbonyl (C=O) groups is 2. The fraction of sp³-hybridized carbons (Fsp3) is 0.333. The van der Waals surface area contributed by atoms with Crippen LogP contribution in [-0.2, 0) is 9.53 Å². The largest absolute Gasteiger partial charge is 0.456 e. The van der Waals surface area contributed by atoms with E-state index in [1.165, 1.54) is 11.3 Å². The molecule has 1 N–H and O–H groups in total. The highest BCUT2D eigenvalue weighted by molar-refractivity contribution is 7.18. The summed E-state index contributed by atoms with van der Waals surface area (Å²) in [5.74, 6) is -0.304. The van der Waals surface area contributed by atoms with Crippen molar-refractivity contribution in [2.45, 2.75) is 12.8 Å². The van der Waals surface area contributed by atoms with E-state index < -0.39 is 5.97 Å². The van der Waals surface area contributed by atoms with Crippen molar-refractivity contribution >= 4 is 39.8 Å². The maximum Gasteiger partial charge on any atom is 0.348 e. The fourth-order valence-electron chi connectivity index (χ4n) is 1.30. The van der Waals surface area contributed by atoms with Gasteiger partial charge in [-0.05, 0) is 25.0 Å². The molecule has 0 atom stereocenters. The monoisotopic (exact) mass is 285 g/mol. The van der Waals surface area contributed by atoms with E-state index in [1.807, 2.05) is 0 Å². The number of rotatable bonds is 5. The van der Waals surface area contributed by atoms with E-state index >= 15 is 0 Å². The van der Waals surface area contributed by atoms with E-state index in [-0.39, 0.29) is 23.5 Å². The Balaban J connectivity index is 1.90. The normalized spacial score (nSPS) is 14.1. The average Bonchev–Trinajstić information content (AvgIpc) is 3.07. The smallest absolute Gasteiger partial charge is 0.348 e. The Bertz CT molecular complexity index is 493. The van der Waals surface area contributed by atoms with Crippen molar-refractivity contribution in [3.8, 4) is 0 Å². The number of carbonyl (C=O) groups excluding carboxylic acids is 2. The van der Waals surface area contributed by atoms with Crippen LogP contribution in [0.3, 0.4) is 0 Å². The Labute approximate surface area is 114 Å². The van der Waals surface area contributed by atoms with Gasteiger partial charge < -0.3 is 10.1 Å². The number of esters is 1. The Morgan fingerprint density at radius 3 is 2.83 bits per heavy atom. The number of nitrogens with one attached hydrogen (secondary N) is 1. The van der Waals surface area contributed by atoms with Gasteiger partial charge in [-0.25, -0.2) is 4.79 Å². The van der Waals surface area contributed by atoms with E-state index in [4.69, 9.17) is 16.3 Å². The quantitative estimate of drug-likeness (QED) is 0.846. The second-order valence-electron chi connectivity index (χ2n) is 4.02. The lowest BCUT2D eigenvalue weighted by atomic mass is 10.4. The van der Waals surface area contributed by atoms with Gasteiger partial charge in [-0.15, -0.1) is 11.3 Å². The van der Waals surface area contributed by atoms with Gasteiger partial charge in [0.25, 0.3) is 0 Å². The second kappa shape index (κ2) is 5.54. The first-order valence-corrected chi connectivity index (χ1v) is 6.67. The molecule has 1 saturated carbocycles. The van der Waals surface area contributed by atoms with Crippen molar-refractivity contribution in [3.63, 3.8) is 0 Å². The summed E-state index contributed by atoms with van der Waals surface area (Å²) >= 11 is 6.69. The molecule has 1 aromatic heterocycles. The molecule has 1 fully saturated rings. The van der Waals surface area contributed by atoms with Crippen LogP contribution in [-0.4, -0.2) is 18.5 Å². The van der Waals surface area contributed by atoms with E-state index in [9.17, 15) is 9.59 Å². The first-order chi connectivity index (χ1) is 8.56. The zero-order valence-electron chi connectivity index (χ0n) is 9.57. The van der Waals surface area contributed by atoms with Gasteiger partial charge in [-0.2, -0.15) is 0 Å². The number of hydrogen-bond donors (Lipinski definition) is 1. The topological polar surface area (TPSA) is 55.4 Å². The van der Waals surface area contributed by atoms with E-state index in [1.54, 1.807) is 12.1 Å². The fourth-order valence-corrected chi connectivity index (χ4v) is 2.16. The summed E-state index contributed by atoms with van der Waals surface area (Å²) in [5, 5.41) is 3.69. The molecule has 6 heteroatoms. The van der Waals surface area contributed by atoms with Crippen LogP contribution >= 0.6 is 22.9 Å². The van der Waals surface area contributed by atoms with Gasteiger partial charge in [0.1, 0.15) is 11.5 Å². The van der Waals surface area contributed by atoms with Crippen LogP contribution in [0.25, 0.3) is 0 Å². The SMILES string of the molecule is C=C(Cl)COC(=O)c1ccc(NC(=O)C2CC2)s1. The van der Waals surface area contributed by atoms with E-state index in [2.05, 4.69) is 11.9 Å². The molecule has 4 nitrogen and oxygen atoms in total. The molecule has 0 unspecified atom stereocenters. The molecule has 96 valence electrons. The third-order valence-electron chi connectivity index (χ3n) is 2.36. The Hall–Kier alpha value is -1.33. The van der Waals surface area contributed by atoms with Gasteiger partial charge in [0.15, 0.2) is 0 Å². The molecule has 18 heavy (non-hydrogen) atoms. The zero-order valence-corrected chi connectivity index (χ0v) is 11.1. The molecule has 1 aliphatic rings. The highest BCUT2D eigenvalue weighted by Crippen LogP contribution is 2.31. The molecule has 0 spiro atoms. The highest BCUT2D eigenvalue weighted by Gasteiger charge is 2.29. The van der Waals surface area contributed by atoms with Crippen molar-refractivity contribution in [2.75, 3.05) is 11.9 Å². The molecule has 2 rings (SSSR count). The first kappa shape index (κ1) is 13.1. The summed E-state index contributed by atoms with van der Waals surface area (Å²) in [6.45, 7) is 3.41. The van der Waals surface area contributed by atoms with Gasteiger partial charge in [-0.1, -0.05) is 18.2 Å². The van der Waals surface area contributed by atoms with Crippen molar-refractivity contribution < 1.29 is 14.3 Å². The maximum absolute atomic E-state index is 11.6. The third-order valence-corrected chi connectivity index (χ3v) is 3.45. The van der Waals surface area contributed by atoms with Crippen molar-refractivity contribution in [2.24, 2.45) is 5.92 Å². The number of amides is 1. The summed E-state index contributed by atoms with van der Waals surface area (Å²) in [6.07, 6.45) is 1.90. The van der Waals surface area contributed by atoms with Crippen LogP contribution in [0.4, 0.5) is 5.00 Å². The minimum Gasteiger partial charge on any atom is -0.456 e. The predicted molar refractivity (Wildman–Crippen MR) is 70.9 cm³/mol. The third kappa shape index (κ3) is 3.58. The summed E-state index contributed by atoms with van der Waals surface area (Å²) < 4.78 is 4.89. The van der Waals surface area contributed by atoms with Crippen molar-refractivity contribution in [3.05, 3.63) is 28.6 Å². The van der Waals surface area contributed by atoms with Crippen molar-refractivity contribution in [1.29, 1.82) is 0 Å². The molecular formula is C12H12ClNO3S. The van der Waals surface area contributed by atoms with Crippen molar-refractivity contribution in [1.82, 2.24) is 0 Å². The van der Waals surface area contributed by atoms with E-state index in [0.29, 0.717) is 9.88 Å². The second-order valence-corrected chi connectivity index (χ2v) is 5.64. The Kier molecular flexibility index (Phi) is 4.04. The summed E-state index contributed by atoms with van der Waals surface area (Å²) in [7, 11) is 0. The van der Waals surface area contributed by atoms with Crippen LogP contribution in [0.1, 0.15) is 22.5 Å². The minimum atomic E-state index is -0.464. The first-order valence-electron chi connectivity index (χ1n) is 5.47. The molecule has 0 aliphatic heterocycles. The Morgan fingerprint density at radius 1 is 1.50 bits per heavy atom. The maximum atomic E-state index is 11.6. The summed E-state index contributed by atoms with van der Waals surface area (Å²) in [4.78, 5) is 23.5. The molecular weight excluding hydrogens is 274 g/mol. The molecule has 0 bridgehead atoms. The minimum absolute atomic E-state index is 0.0118. The number of ether oxygens (including phenoxy) is 1. The lowest BCUT2D eigenvalue weighted by Crippen LogP contribution is -2.12. The molecule has 1 heterocycles. The molecule has 0 saturated heterocycles. The van der Waals surface area contributed by atoms with Crippen LogP contribution in [0.15, 0.2) is 23.7 Å². The standard InChI is InChI=1S/C12H12ClNO3S/c1-7(13)6-17-12(16)9-4-5-10(18-9)14-11(15)8-2-3-8/h4-5,8H,1-3,6H2,(H,14,15). The van der Waals surface area contributed by atoms with Crippen LogP contribution in [0.5, 0.6) is 0 Å². The van der Waals surface area contributed by atoms with Gasteiger partial charge in [0.2, 0.25) is 5.91 Å². The highest BCUT2D eigenvalue weighted by atomic mass is 35.5.